The molecule has 0 aliphatic carbocycles. The Bertz CT molecular complexity index is 96.5. The number of rotatable bonds is 9. The summed E-state index contributed by atoms with van der Waals surface area (Å²) in [5.41, 5.74) is 0. The first-order valence-electron chi connectivity index (χ1n) is 4.45. The summed E-state index contributed by atoms with van der Waals surface area (Å²) in [6.45, 7) is 8.06. The van der Waals surface area contributed by atoms with Crippen LogP contribution in [0.4, 0.5) is 0 Å². The molecular weight excluding hydrogens is 168 g/mol. The Balaban J connectivity index is 2.77. The molecule has 0 saturated carbocycles. The first kappa shape index (κ1) is 11.9. The molecule has 0 aromatic rings. The van der Waals surface area contributed by atoms with Crippen LogP contribution in [0.15, 0.2) is 12.7 Å². The van der Waals surface area contributed by atoms with E-state index in [9.17, 15) is 0 Å². The molecule has 0 aromatic carbocycles. The Hall–Kier alpha value is -0.123. The van der Waals surface area contributed by atoms with E-state index in [0.717, 1.165) is 38.7 Å². The topological polar surface area (TPSA) is 18.5 Å². The third kappa shape index (κ3) is 9.88. The van der Waals surface area contributed by atoms with Crippen molar-refractivity contribution in [1.82, 2.24) is 0 Å². The van der Waals surface area contributed by atoms with E-state index in [0.29, 0.717) is 9.76 Å². The van der Waals surface area contributed by atoms with Gasteiger partial charge in [0.2, 0.25) is 9.76 Å². The van der Waals surface area contributed by atoms with Crippen LogP contribution in [0.3, 0.4) is 0 Å². The molecule has 0 heterocycles. The van der Waals surface area contributed by atoms with Crippen molar-refractivity contribution in [2.45, 2.75) is 25.8 Å². The second kappa shape index (κ2) is 10.9. The average Bonchev–Trinajstić information content (AvgIpc) is 2.10. The number of hydrogen-bond donors (Lipinski definition) is 0. The van der Waals surface area contributed by atoms with Gasteiger partial charge in [0, 0.05) is 6.61 Å². The zero-order valence-electron chi connectivity index (χ0n) is 7.84. The van der Waals surface area contributed by atoms with Crippen LogP contribution in [0.2, 0.25) is 6.04 Å². The number of allylic oxidation sites excluding steroid dienone is 1. The highest BCUT2D eigenvalue weighted by molar-refractivity contribution is 6.27. The largest absolute Gasteiger partial charge is 0.415 e. The quantitative estimate of drug-likeness (QED) is 0.312. The van der Waals surface area contributed by atoms with Gasteiger partial charge in [-0.15, -0.1) is 6.58 Å². The lowest BCUT2D eigenvalue weighted by Gasteiger charge is -2.02. The van der Waals surface area contributed by atoms with Crippen molar-refractivity contribution in [2.24, 2.45) is 0 Å². The Kier molecular flexibility index (Phi) is 10.8. The van der Waals surface area contributed by atoms with Gasteiger partial charge in [-0.3, -0.25) is 0 Å². The minimum absolute atomic E-state index is 0.600. The monoisotopic (exact) mass is 186 g/mol. The summed E-state index contributed by atoms with van der Waals surface area (Å²) in [6.07, 6.45) is 4.05. The first-order valence-corrected chi connectivity index (χ1v) is 5.56. The molecule has 3 heteroatoms. The second-order valence-corrected chi connectivity index (χ2v) is 3.51. The molecule has 0 fully saturated rings. The van der Waals surface area contributed by atoms with E-state index in [-0.39, 0.29) is 0 Å². The minimum atomic E-state index is 0.600. The van der Waals surface area contributed by atoms with Gasteiger partial charge in [-0.2, -0.15) is 0 Å². The second-order valence-electron chi connectivity index (χ2n) is 2.43. The fraction of sp³-hybridized carbons (Fsp3) is 0.778. The summed E-state index contributed by atoms with van der Waals surface area (Å²) in [4.78, 5) is 0. The average molecular weight is 186 g/mol. The third-order valence-electron chi connectivity index (χ3n) is 1.23. The highest BCUT2D eigenvalue weighted by Crippen LogP contribution is 1.89. The molecule has 0 unspecified atom stereocenters. The smallest absolute Gasteiger partial charge is 0.230 e. The Morgan fingerprint density at radius 1 is 1.33 bits per heavy atom. The highest BCUT2D eigenvalue weighted by Gasteiger charge is 1.90. The Morgan fingerprint density at radius 2 is 2.17 bits per heavy atom. The van der Waals surface area contributed by atoms with Crippen LogP contribution in [-0.4, -0.2) is 29.6 Å². The predicted octanol–water partition coefficient (Wildman–Crippen LogP) is 2.04. The van der Waals surface area contributed by atoms with E-state index in [4.69, 9.17) is 9.16 Å². The predicted molar refractivity (Wildman–Crippen MR) is 52.4 cm³/mol. The molecule has 0 aromatic heterocycles. The van der Waals surface area contributed by atoms with Crippen molar-refractivity contribution < 1.29 is 9.16 Å². The molecule has 0 amide bonds. The van der Waals surface area contributed by atoms with Crippen molar-refractivity contribution in [1.29, 1.82) is 0 Å². The lowest BCUT2D eigenvalue weighted by molar-refractivity contribution is 0.102. The summed E-state index contributed by atoms with van der Waals surface area (Å²) in [7, 11) is 0.600. The van der Waals surface area contributed by atoms with Crippen LogP contribution >= 0.6 is 0 Å². The van der Waals surface area contributed by atoms with Crippen LogP contribution in [0.25, 0.3) is 0 Å². The van der Waals surface area contributed by atoms with Gasteiger partial charge in [0.15, 0.2) is 0 Å². The third-order valence-corrected chi connectivity index (χ3v) is 2.13. The summed E-state index contributed by atoms with van der Waals surface area (Å²) in [6, 6.07) is 1.09. The van der Waals surface area contributed by atoms with Crippen LogP contribution in [-0.2, 0) is 9.16 Å². The molecule has 0 spiro atoms. The molecule has 2 nitrogen and oxygen atoms in total. The zero-order valence-corrected chi connectivity index (χ0v) is 8.84. The molecule has 0 aliphatic rings. The van der Waals surface area contributed by atoms with E-state index in [2.05, 4.69) is 13.5 Å². The van der Waals surface area contributed by atoms with E-state index >= 15 is 0 Å². The number of ether oxygens (including phenoxy) is 1. The van der Waals surface area contributed by atoms with Gasteiger partial charge in [0.25, 0.3) is 0 Å². The zero-order chi connectivity index (χ0) is 9.07. The van der Waals surface area contributed by atoms with Crippen molar-refractivity contribution in [3.05, 3.63) is 12.7 Å². The van der Waals surface area contributed by atoms with Gasteiger partial charge < -0.3 is 9.16 Å². The summed E-state index contributed by atoms with van der Waals surface area (Å²) >= 11 is 0. The van der Waals surface area contributed by atoms with Crippen molar-refractivity contribution in [3.63, 3.8) is 0 Å². The van der Waals surface area contributed by atoms with E-state index in [1.807, 2.05) is 6.08 Å². The molecule has 0 N–H and O–H groups in total. The molecule has 70 valence electrons. The summed E-state index contributed by atoms with van der Waals surface area (Å²) in [5.74, 6) is 0. The molecule has 12 heavy (non-hydrogen) atoms. The van der Waals surface area contributed by atoms with Gasteiger partial charge in [-0.05, 0) is 18.9 Å². The van der Waals surface area contributed by atoms with E-state index in [1.54, 1.807) is 0 Å². The van der Waals surface area contributed by atoms with E-state index < -0.39 is 0 Å². The molecular formula is C9H18O2Si. The Morgan fingerprint density at radius 3 is 2.83 bits per heavy atom. The molecule has 0 atom stereocenters. The van der Waals surface area contributed by atoms with Gasteiger partial charge in [-0.25, -0.2) is 0 Å². The van der Waals surface area contributed by atoms with Gasteiger partial charge >= 0.3 is 0 Å². The molecule has 0 bridgehead atoms. The molecule has 2 radical (unpaired) electrons. The first-order chi connectivity index (χ1) is 5.91. The SMILES string of the molecule is C=CCC[Si]OCCOCCC. The maximum atomic E-state index is 5.34. The van der Waals surface area contributed by atoms with Crippen molar-refractivity contribution in [2.75, 3.05) is 19.8 Å². The molecule has 0 aliphatic heterocycles. The molecule has 0 saturated heterocycles. The molecule has 0 rings (SSSR count). The van der Waals surface area contributed by atoms with Crippen molar-refractivity contribution >= 4 is 9.76 Å². The Labute approximate surface area is 77.9 Å². The van der Waals surface area contributed by atoms with E-state index in [1.165, 1.54) is 0 Å². The van der Waals surface area contributed by atoms with Crippen LogP contribution in [0.1, 0.15) is 19.8 Å². The lowest BCUT2D eigenvalue weighted by atomic mass is 10.5. The maximum absolute atomic E-state index is 5.34. The van der Waals surface area contributed by atoms with Crippen molar-refractivity contribution in [3.8, 4) is 0 Å². The summed E-state index contributed by atoms with van der Waals surface area (Å²) in [5, 5.41) is 0. The maximum Gasteiger partial charge on any atom is 0.230 e. The van der Waals surface area contributed by atoms with Crippen LogP contribution in [0, 0.1) is 0 Å². The van der Waals surface area contributed by atoms with Crippen LogP contribution < -0.4 is 0 Å². The standard InChI is InChI=1S/C9H18O2Si/c1-3-5-9-12-11-8-7-10-6-4-2/h3H,1,4-9H2,2H3. The normalized spacial score (nSPS) is 10.1. The lowest BCUT2D eigenvalue weighted by Crippen LogP contribution is -2.07. The fourth-order valence-electron chi connectivity index (χ4n) is 0.652. The minimum Gasteiger partial charge on any atom is -0.415 e. The number of hydrogen-bond acceptors (Lipinski definition) is 2. The van der Waals surface area contributed by atoms with Gasteiger partial charge in [-0.1, -0.05) is 13.0 Å². The fourth-order valence-corrected chi connectivity index (χ4v) is 1.35. The highest BCUT2D eigenvalue weighted by atomic mass is 28.2. The van der Waals surface area contributed by atoms with Gasteiger partial charge in [0.1, 0.15) is 0 Å². The van der Waals surface area contributed by atoms with Crippen LogP contribution in [0.5, 0.6) is 0 Å². The van der Waals surface area contributed by atoms with Gasteiger partial charge in [0.05, 0.1) is 13.2 Å². The summed E-state index contributed by atoms with van der Waals surface area (Å²) < 4.78 is 10.6.